The summed E-state index contributed by atoms with van der Waals surface area (Å²) in [5.74, 6) is 0.852. The van der Waals surface area contributed by atoms with Crippen LogP contribution in [0.5, 0.6) is 11.6 Å². The van der Waals surface area contributed by atoms with Crippen LogP contribution in [-0.2, 0) is 19.6 Å². The van der Waals surface area contributed by atoms with E-state index in [4.69, 9.17) is 4.74 Å². The summed E-state index contributed by atoms with van der Waals surface area (Å²) in [6.45, 7) is 4.79. The Morgan fingerprint density at radius 2 is 1.78 bits per heavy atom. The number of benzene rings is 2. The van der Waals surface area contributed by atoms with Crippen molar-refractivity contribution in [2.24, 2.45) is 5.92 Å². The van der Waals surface area contributed by atoms with Gasteiger partial charge in [-0.25, -0.2) is 4.98 Å². The van der Waals surface area contributed by atoms with Crippen molar-refractivity contribution in [1.82, 2.24) is 9.55 Å². The van der Waals surface area contributed by atoms with E-state index in [-0.39, 0.29) is 17.4 Å². The second-order valence-corrected chi connectivity index (χ2v) is 6.96. The predicted octanol–water partition coefficient (Wildman–Crippen LogP) is 3.77. The molecule has 0 fully saturated rings. The molecule has 1 aromatic heterocycles. The maximum Gasteiger partial charge on any atom is 0.272 e. The van der Waals surface area contributed by atoms with Crippen LogP contribution in [0, 0.1) is 5.92 Å². The highest BCUT2D eigenvalue weighted by Crippen LogP contribution is 2.20. The van der Waals surface area contributed by atoms with E-state index in [2.05, 4.69) is 4.98 Å². The van der Waals surface area contributed by atoms with Crippen molar-refractivity contribution >= 4 is 0 Å². The molecule has 1 N–H and O–H groups in total. The lowest BCUT2D eigenvalue weighted by Gasteiger charge is -2.14. The third-order valence-electron chi connectivity index (χ3n) is 4.18. The molecule has 0 saturated carbocycles. The van der Waals surface area contributed by atoms with Gasteiger partial charge in [0.15, 0.2) is 0 Å². The molecule has 0 radical (unpaired) electrons. The Balaban J connectivity index is 1.84. The Bertz CT molecular complexity index is 949. The van der Waals surface area contributed by atoms with E-state index in [9.17, 15) is 9.90 Å². The van der Waals surface area contributed by atoms with Crippen molar-refractivity contribution in [1.29, 1.82) is 0 Å². The highest BCUT2D eigenvalue weighted by molar-refractivity contribution is 5.34. The first-order chi connectivity index (χ1) is 13.0. The number of hydrogen-bond acceptors (Lipinski definition) is 4. The summed E-state index contributed by atoms with van der Waals surface area (Å²) in [7, 11) is 0. The average molecular weight is 364 g/mol. The molecule has 5 nitrogen and oxygen atoms in total. The number of aromatic hydroxyl groups is 1. The Kier molecular flexibility index (Phi) is 5.91. The molecule has 0 spiro atoms. The van der Waals surface area contributed by atoms with E-state index in [0.29, 0.717) is 25.3 Å². The van der Waals surface area contributed by atoms with Crippen molar-refractivity contribution in [2.45, 2.75) is 33.4 Å². The maximum absolute atomic E-state index is 12.7. The van der Waals surface area contributed by atoms with Gasteiger partial charge in [0.25, 0.3) is 5.56 Å². The number of para-hydroxylation sites is 1. The van der Waals surface area contributed by atoms with Gasteiger partial charge in [0.1, 0.15) is 18.1 Å². The lowest BCUT2D eigenvalue weighted by molar-refractivity contribution is 0.302. The number of hydrogen-bond donors (Lipinski definition) is 1. The Hall–Kier alpha value is -3.08. The van der Waals surface area contributed by atoms with Gasteiger partial charge >= 0.3 is 0 Å². The molecule has 2 aromatic carbocycles. The Labute approximate surface area is 158 Å². The zero-order valence-electron chi connectivity index (χ0n) is 15.6. The van der Waals surface area contributed by atoms with Crippen LogP contribution in [0.2, 0.25) is 0 Å². The minimum atomic E-state index is -0.181. The molecule has 0 saturated heterocycles. The fourth-order valence-electron chi connectivity index (χ4n) is 2.91. The van der Waals surface area contributed by atoms with Gasteiger partial charge < -0.3 is 14.4 Å². The fourth-order valence-corrected chi connectivity index (χ4v) is 2.91. The fraction of sp³-hybridized carbons (Fsp3) is 0.273. The number of rotatable bonds is 7. The average Bonchev–Trinajstić information content (AvgIpc) is 2.65. The maximum atomic E-state index is 12.7. The summed E-state index contributed by atoms with van der Waals surface area (Å²) in [4.78, 5) is 16.7. The molecule has 0 atom stereocenters. The number of ether oxygens (including phenoxy) is 1. The van der Waals surface area contributed by atoms with Crippen molar-refractivity contribution in [2.75, 3.05) is 0 Å². The SMILES string of the molecule is CC(C)Cc1nc(O)cn(Cc2ccccc2OCc2ccccc2)c1=O. The molecular weight excluding hydrogens is 340 g/mol. The number of nitrogens with zero attached hydrogens (tertiary/aromatic N) is 2. The summed E-state index contributed by atoms with van der Waals surface area (Å²) in [5, 5.41) is 9.93. The first kappa shape index (κ1) is 18.7. The molecule has 0 amide bonds. The summed E-state index contributed by atoms with van der Waals surface area (Å²) >= 11 is 0. The van der Waals surface area contributed by atoms with Crippen LogP contribution in [0.4, 0.5) is 0 Å². The summed E-state index contributed by atoms with van der Waals surface area (Å²) < 4.78 is 7.46. The molecule has 3 rings (SSSR count). The van der Waals surface area contributed by atoms with Crippen molar-refractivity contribution in [3.63, 3.8) is 0 Å². The van der Waals surface area contributed by atoms with E-state index in [1.165, 1.54) is 10.8 Å². The van der Waals surface area contributed by atoms with E-state index in [1.807, 2.05) is 68.4 Å². The van der Waals surface area contributed by atoms with Crippen LogP contribution >= 0.6 is 0 Å². The monoisotopic (exact) mass is 364 g/mol. The molecule has 0 unspecified atom stereocenters. The van der Waals surface area contributed by atoms with Crippen LogP contribution in [-0.4, -0.2) is 14.7 Å². The zero-order chi connectivity index (χ0) is 19.2. The van der Waals surface area contributed by atoms with Crippen LogP contribution < -0.4 is 10.3 Å². The van der Waals surface area contributed by atoms with Crippen molar-refractivity contribution < 1.29 is 9.84 Å². The van der Waals surface area contributed by atoms with Gasteiger partial charge in [0, 0.05) is 5.56 Å². The summed E-state index contributed by atoms with van der Waals surface area (Å²) in [5.41, 5.74) is 2.15. The molecule has 0 aliphatic rings. The summed E-state index contributed by atoms with van der Waals surface area (Å²) in [6.07, 6.45) is 1.90. The normalized spacial score (nSPS) is 10.9. The molecule has 5 heteroatoms. The van der Waals surface area contributed by atoms with Gasteiger partial charge in [-0.2, -0.15) is 0 Å². The van der Waals surface area contributed by atoms with E-state index >= 15 is 0 Å². The molecule has 27 heavy (non-hydrogen) atoms. The van der Waals surface area contributed by atoms with Crippen LogP contribution in [0.3, 0.4) is 0 Å². The zero-order valence-corrected chi connectivity index (χ0v) is 15.6. The third kappa shape index (κ3) is 4.97. The Morgan fingerprint density at radius 1 is 1.07 bits per heavy atom. The van der Waals surface area contributed by atoms with Crippen LogP contribution in [0.15, 0.2) is 65.6 Å². The topological polar surface area (TPSA) is 64.3 Å². The van der Waals surface area contributed by atoms with Gasteiger partial charge in [-0.15, -0.1) is 0 Å². The van der Waals surface area contributed by atoms with Crippen molar-refractivity contribution in [3.8, 4) is 11.6 Å². The van der Waals surface area contributed by atoms with Gasteiger partial charge in [-0.3, -0.25) is 4.79 Å². The van der Waals surface area contributed by atoms with Gasteiger partial charge in [0.2, 0.25) is 5.88 Å². The Morgan fingerprint density at radius 3 is 2.52 bits per heavy atom. The van der Waals surface area contributed by atoms with Crippen LogP contribution in [0.25, 0.3) is 0 Å². The quantitative estimate of drug-likeness (QED) is 0.693. The van der Waals surface area contributed by atoms with E-state index in [1.54, 1.807) is 0 Å². The van der Waals surface area contributed by atoms with Gasteiger partial charge in [-0.05, 0) is 24.0 Å². The first-order valence-corrected chi connectivity index (χ1v) is 9.07. The minimum Gasteiger partial charge on any atom is -0.492 e. The predicted molar refractivity (Wildman–Crippen MR) is 105 cm³/mol. The highest BCUT2D eigenvalue weighted by Gasteiger charge is 2.12. The van der Waals surface area contributed by atoms with Crippen LogP contribution in [0.1, 0.15) is 30.7 Å². The third-order valence-corrected chi connectivity index (χ3v) is 4.18. The van der Waals surface area contributed by atoms with E-state index in [0.717, 1.165) is 16.9 Å². The standard InChI is InChI=1S/C22H24N2O3/c1-16(2)12-19-22(26)24(14-21(25)23-19)13-18-10-6-7-11-20(18)27-15-17-8-4-3-5-9-17/h3-11,14,16,25H,12-13,15H2,1-2H3. The summed E-state index contributed by atoms with van der Waals surface area (Å²) in [6, 6.07) is 17.5. The second kappa shape index (κ2) is 8.54. The molecular formula is C22H24N2O3. The van der Waals surface area contributed by atoms with Crippen molar-refractivity contribution in [3.05, 3.63) is 88.0 Å². The lowest BCUT2D eigenvalue weighted by atomic mass is 10.1. The molecule has 0 aliphatic carbocycles. The molecule has 0 aliphatic heterocycles. The largest absolute Gasteiger partial charge is 0.492 e. The van der Waals surface area contributed by atoms with Gasteiger partial charge in [-0.1, -0.05) is 62.4 Å². The smallest absolute Gasteiger partial charge is 0.272 e. The minimum absolute atomic E-state index is 0.145. The molecule has 0 bridgehead atoms. The molecule has 1 heterocycles. The lowest BCUT2D eigenvalue weighted by Crippen LogP contribution is -2.26. The first-order valence-electron chi connectivity index (χ1n) is 9.07. The highest BCUT2D eigenvalue weighted by atomic mass is 16.5. The molecule has 3 aromatic rings. The second-order valence-electron chi connectivity index (χ2n) is 6.96. The number of aromatic nitrogens is 2. The van der Waals surface area contributed by atoms with E-state index < -0.39 is 0 Å². The molecule has 140 valence electrons. The van der Waals surface area contributed by atoms with Gasteiger partial charge in [0.05, 0.1) is 12.7 Å².